The van der Waals surface area contributed by atoms with Crippen LogP contribution >= 0.6 is 0 Å². The van der Waals surface area contributed by atoms with E-state index in [9.17, 15) is 19.5 Å². The van der Waals surface area contributed by atoms with Gasteiger partial charge in [0.2, 0.25) is 0 Å². The largest absolute Gasteiger partial charge is 0.480 e. The number of aliphatic hydroxyl groups excluding tert-OH is 1. The Bertz CT molecular complexity index is 462. The third kappa shape index (κ3) is 9.94. The van der Waals surface area contributed by atoms with Crippen molar-refractivity contribution in [3.05, 3.63) is 0 Å². The highest BCUT2D eigenvalue weighted by molar-refractivity contribution is 5.69. The van der Waals surface area contributed by atoms with Gasteiger partial charge in [-0.25, -0.2) is 0 Å². The number of hydrogen-bond donors (Lipinski definition) is 5. The zero-order valence-electron chi connectivity index (χ0n) is 14.0. The van der Waals surface area contributed by atoms with Crippen molar-refractivity contribution in [3.63, 3.8) is 0 Å². The van der Waals surface area contributed by atoms with Gasteiger partial charge < -0.3 is 20.4 Å². The first-order valence-corrected chi connectivity index (χ1v) is 8.00. The summed E-state index contributed by atoms with van der Waals surface area (Å²) in [4.78, 5) is 37.7. The fraction of sp³-hybridized carbons (Fsp3) is 0.786. The summed E-state index contributed by atoms with van der Waals surface area (Å²) >= 11 is 0. The maximum Gasteiger partial charge on any atom is 0.317 e. The van der Waals surface area contributed by atoms with Crippen molar-refractivity contribution >= 4 is 17.9 Å². The minimum atomic E-state index is -1.03. The highest BCUT2D eigenvalue weighted by Crippen LogP contribution is 1.99. The highest BCUT2D eigenvalue weighted by atomic mass is 16.4. The Kier molecular flexibility index (Phi) is 9.31. The molecule has 5 N–H and O–H groups in total. The molecule has 1 aliphatic rings. The molecular formula is C14H26N4O7. The SMILES string of the molecule is O=C(O)CN1CCNC(O)CN(CC(=O)O)CCN(CC(=O)O)CC1. The van der Waals surface area contributed by atoms with Gasteiger partial charge in [-0.1, -0.05) is 0 Å². The first kappa shape index (κ1) is 21.3. The molecule has 11 nitrogen and oxygen atoms in total. The molecule has 0 aromatic carbocycles. The van der Waals surface area contributed by atoms with Crippen molar-refractivity contribution < 1.29 is 34.8 Å². The number of carbonyl (C=O) groups is 3. The third-order valence-corrected chi connectivity index (χ3v) is 3.78. The van der Waals surface area contributed by atoms with Crippen LogP contribution in [0.4, 0.5) is 0 Å². The maximum atomic E-state index is 11.0. The Morgan fingerprint density at radius 1 is 0.760 bits per heavy atom. The predicted molar refractivity (Wildman–Crippen MR) is 86.2 cm³/mol. The third-order valence-electron chi connectivity index (χ3n) is 3.78. The molecule has 1 saturated heterocycles. The lowest BCUT2D eigenvalue weighted by Crippen LogP contribution is -2.50. The molecule has 0 aromatic rings. The second-order valence-electron chi connectivity index (χ2n) is 5.94. The molecule has 1 fully saturated rings. The van der Waals surface area contributed by atoms with Crippen LogP contribution in [-0.4, -0.2) is 125 Å². The topological polar surface area (TPSA) is 154 Å². The average molecular weight is 362 g/mol. The highest BCUT2D eigenvalue weighted by Gasteiger charge is 2.20. The minimum absolute atomic E-state index is 0.0755. The standard InChI is InChI=1S/C14H26N4O7/c19-11-7-18(10-14(24)25)6-5-17(9-13(22)23)4-3-16(2-1-15-11)8-12(20)21/h11,15,19H,1-10H2,(H,20,21)(H,22,23)(H,24,25). The lowest BCUT2D eigenvalue weighted by Gasteiger charge is -2.31. The molecule has 1 heterocycles. The van der Waals surface area contributed by atoms with E-state index in [1.54, 1.807) is 9.80 Å². The Labute approximate surface area is 145 Å². The van der Waals surface area contributed by atoms with Gasteiger partial charge in [-0.3, -0.25) is 34.4 Å². The zero-order valence-corrected chi connectivity index (χ0v) is 14.0. The second kappa shape index (κ2) is 10.9. The monoisotopic (exact) mass is 362 g/mol. The number of aliphatic carboxylic acids is 3. The molecule has 0 saturated carbocycles. The first-order valence-electron chi connectivity index (χ1n) is 8.00. The number of carboxylic acids is 3. The fourth-order valence-electron chi connectivity index (χ4n) is 2.61. The maximum absolute atomic E-state index is 11.0. The van der Waals surface area contributed by atoms with Gasteiger partial charge in [-0.15, -0.1) is 0 Å². The van der Waals surface area contributed by atoms with Gasteiger partial charge in [-0.05, 0) is 0 Å². The van der Waals surface area contributed by atoms with Crippen LogP contribution in [0.1, 0.15) is 0 Å². The van der Waals surface area contributed by atoms with Crippen LogP contribution in [0.25, 0.3) is 0 Å². The van der Waals surface area contributed by atoms with E-state index in [2.05, 4.69) is 5.32 Å². The molecule has 144 valence electrons. The van der Waals surface area contributed by atoms with Crippen LogP contribution in [0.5, 0.6) is 0 Å². The molecular weight excluding hydrogens is 336 g/mol. The van der Waals surface area contributed by atoms with E-state index in [1.165, 1.54) is 4.90 Å². The van der Waals surface area contributed by atoms with E-state index in [0.29, 0.717) is 32.7 Å². The Morgan fingerprint density at radius 2 is 1.16 bits per heavy atom. The van der Waals surface area contributed by atoms with Crippen molar-refractivity contribution in [1.82, 2.24) is 20.0 Å². The molecule has 0 aromatic heterocycles. The van der Waals surface area contributed by atoms with Crippen molar-refractivity contribution in [2.45, 2.75) is 6.23 Å². The van der Waals surface area contributed by atoms with Crippen LogP contribution in [0, 0.1) is 0 Å². The number of nitrogens with zero attached hydrogens (tertiary/aromatic N) is 3. The van der Waals surface area contributed by atoms with Crippen molar-refractivity contribution in [2.75, 3.05) is 65.4 Å². The molecule has 1 aliphatic heterocycles. The molecule has 25 heavy (non-hydrogen) atoms. The van der Waals surface area contributed by atoms with Crippen LogP contribution in [-0.2, 0) is 14.4 Å². The van der Waals surface area contributed by atoms with Crippen LogP contribution in [0.3, 0.4) is 0 Å². The van der Waals surface area contributed by atoms with E-state index < -0.39 is 24.1 Å². The second-order valence-corrected chi connectivity index (χ2v) is 5.94. The number of nitrogens with one attached hydrogen (secondary N) is 1. The molecule has 0 spiro atoms. The molecule has 0 radical (unpaired) electrons. The molecule has 0 aliphatic carbocycles. The number of β-amino-alcohol motifs (C(OH)–C–C–N with tert-alkyl or cyclic N) is 1. The fourth-order valence-corrected chi connectivity index (χ4v) is 2.61. The molecule has 1 rings (SSSR count). The lowest BCUT2D eigenvalue weighted by atomic mass is 10.3. The minimum Gasteiger partial charge on any atom is -0.480 e. The summed E-state index contributed by atoms with van der Waals surface area (Å²) in [5.41, 5.74) is 0. The lowest BCUT2D eigenvalue weighted by molar-refractivity contribution is -0.140. The summed E-state index contributed by atoms with van der Waals surface area (Å²) in [5.74, 6) is -3.02. The van der Waals surface area contributed by atoms with Gasteiger partial charge in [-0.2, -0.15) is 0 Å². The summed E-state index contributed by atoms with van der Waals surface area (Å²) < 4.78 is 0. The Balaban J connectivity index is 2.77. The summed E-state index contributed by atoms with van der Waals surface area (Å²) in [5, 5.41) is 39.7. The van der Waals surface area contributed by atoms with Gasteiger partial charge in [0.15, 0.2) is 0 Å². The predicted octanol–water partition coefficient (Wildman–Crippen LogP) is -2.93. The average Bonchev–Trinajstić information content (AvgIpc) is 2.46. The molecule has 11 heteroatoms. The zero-order chi connectivity index (χ0) is 18.8. The van der Waals surface area contributed by atoms with Crippen molar-refractivity contribution in [3.8, 4) is 0 Å². The summed E-state index contributed by atoms with van der Waals surface area (Å²) in [6, 6.07) is 0. The summed E-state index contributed by atoms with van der Waals surface area (Å²) in [6.45, 7) is 1.39. The van der Waals surface area contributed by atoms with Gasteiger partial charge in [0.05, 0.1) is 19.6 Å². The van der Waals surface area contributed by atoms with Crippen LogP contribution < -0.4 is 5.32 Å². The molecule has 0 amide bonds. The Hall–Kier alpha value is -1.79. The summed E-state index contributed by atoms with van der Waals surface area (Å²) in [6.07, 6.45) is -0.960. The number of rotatable bonds is 6. The van der Waals surface area contributed by atoms with Crippen LogP contribution in [0.15, 0.2) is 0 Å². The van der Waals surface area contributed by atoms with Gasteiger partial charge in [0.1, 0.15) is 6.23 Å². The summed E-state index contributed by atoms with van der Waals surface area (Å²) in [7, 11) is 0. The molecule has 1 atom stereocenters. The van der Waals surface area contributed by atoms with Crippen molar-refractivity contribution in [2.24, 2.45) is 0 Å². The van der Waals surface area contributed by atoms with Gasteiger partial charge in [0.25, 0.3) is 0 Å². The van der Waals surface area contributed by atoms with Gasteiger partial charge >= 0.3 is 17.9 Å². The smallest absolute Gasteiger partial charge is 0.317 e. The van der Waals surface area contributed by atoms with E-state index in [4.69, 9.17) is 15.3 Å². The van der Waals surface area contributed by atoms with Crippen LogP contribution in [0.2, 0.25) is 0 Å². The van der Waals surface area contributed by atoms with E-state index >= 15 is 0 Å². The van der Waals surface area contributed by atoms with E-state index in [-0.39, 0.29) is 32.7 Å². The Morgan fingerprint density at radius 3 is 1.64 bits per heavy atom. The van der Waals surface area contributed by atoms with E-state index in [1.807, 2.05) is 0 Å². The van der Waals surface area contributed by atoms with Gasteiger partial charge in [0, 0.05) is 45.8 Å². The molecule has 1 unspecified atom stereocenters. The molecule has 0 bridgehead atoms. The van der Waals surface area contributed by atoms with E-state index in [0.717, 1.165) is 0 Å². The van der Waals surface area contributed by atoms with Crippen molar-refractivity contribution in [1.29, 1.82) is 0 Å². The number of carboxylic acid groups (broad SMARTS) is 3. The quantitative estimate of drug-likeness (QED) is 0.330. The number of aliphatic hydroxyl groups is 1. The number of hydrogen-bond acceptors (Lipinski definition) is 8. The first-order chi connectivity index (χ1) is 11.8. The normalized spacial score (nSPS) is 22.7.